The molecular weight excluding hydrogens is 366 g/mol. The number of hydrogen-bond donors (Lipinski definition) is 1. The molecule has 0 spiro atoms. The Bertz CT molecular complexity index is 1040. The van der Waals surface area contributed by atoms with Crippen LogP contribution in [0, 0.1) is 13.8 Å². The van der Waals surface area contributed by atoms with Crippen molar-refractivity contribution < 1.29 is 14.3 Å². The van der Waals surface area contributed by atoms with Crippen molar-refractivity contribution in [2.45, 2.75) is 20.8 Å². The molecule has 1 amide bonds. The first-order valence-electron chi connectivity index (χ1n) is 9.36. The van der Waals surface area contributed by atoms with E-state index in [9.17, 15) is 9.59 Å². The predicted octanol–water partition coefficient (Wildman–Crippen LogP) is 4.03. The van der Waals surface area contributed by atoms with Crippen LogP contribution in [0.1, 0.15) is 44.6 Å². The number of carbonyl (C=O) groups is 2. The van der Waals surface area contributed by atoms with Gasteiger partial charge in [0.2, 0.25) is 0 Å². The van der Waals surface area contributed by atoms with E-state index >= 15 is 0 Å². The lowest BCUT2D eigenvalue weighted by molar-refractivity contribution is 0.0526. The number of carbonyl (C=O) groups excluding carboxylic acids is 2. The van der Waals surface area contributed by atoms with Crippen LogP contribution in [0.3, 0.4) is 0 Å². The maximum absolute atomic E-state index is 12.1. The van der Waals surface area contributed by atoms with E-state index < -0.39 is 0 Å². The lowest BCUT2D eigenvalue weighted by Crippen LogP contribution is -2.17. The Morgan fingerprint density at radius 1 is 1.03 bits per heavy atom. The summed E-state index contributed by atoms with van der Waals surface area (Å²) in [6.45, 7) is 6.10. The smallest absolute Gasteiger partial charge is 0.338 e. The minimum atomic E-state index is -0.332. The highest BCUT2D eigenvalue weighted by atomic mass is 16.5. The Kier molecular flexibility index (Phi) is 6.24. The third kappa shape index (κ3) is 4.60. The molecule has 1 aromatic heterocycles. The second-order valence-corrected chi connectivity index (χ2v) is 6.49. The zero-order valence-electron chi connectivity index (χ0n) is 16.7. The Balaban J connectivity index is 1.76. The summed E-state index contributed by atoms with van der Waals surface area (Å²) < 4.78 is 7.09. The van der Waals surface area contributed by atoms with Crippen LogP contribution in [0.4, 0.5) is 0 Å². The lowest BCUT2D eigenvalue weighted by atomic mass is 10.2. The molecule has 29 heavy (non-hydrogen) atoms. The SMILES string of the molecule is CCOC(=O)c1ccc(-n2c(C)cc(/C=N/NC(=O)c3ccccc3)c2C)cc1. The maximum atomic E-state index is 12.1. The Labute approximate surface area is 169 Å². The summed E-state index contributed by atoms with van der Waals surface area (Å²) in [5.74, 6) is -0.591. The van der Waals surface area contributed by atoms with E-state index in [1.807, 2.05) is 38.1 Å². The number of benzene rings is 2. The van der Waals surface area contributed by atoms with Crippen molar-refractivity contribution in [2.24, 2.45) is 5.10 Å². The van der Waals surface area contributed by atoms with Gasteiger partial charge in [0.1, 0.15) is 0 Å². The average molecular weight is 389 g/mol. The van der Waals surface area contributed by atoms with Gasteiger partial charge in [-0.05, 0) is 63.2 Å². The van der Waals surface area contributed by atoms with Crippen molar-refractivity contribution in [1.29, 1.82) is 0 Å². The first kappa shape index (κ1) is 20.1. The normalized spacial score (nSPS) is 10.9. The largest absolute Gasteiger partial charge is 0.462 e. The molecule has 1 N–H and O–H groups in total. The Morgan fingerprint density at radius 2 is 1.72 bits per heavy atom. The van der Waals surface area contributed by atoms with Crippen molar-refractivity contribution in [3.05, 3.63) is 88.7 Å². The monoisotopic (exact) mass is 389 g/mol. The van der Waals surface area contributed by atoms with Crippen molar-refractivity contribution in [1.82, 2.24) is 9.99 Å². The number of hydrogen-bond acceptors (Lipinski definition) is 4. The van der Waals surface area contributed by atoms with Gasteiger partial charge in [0.25, 0.3) is 5.91 Å². The quantitative estimate of drug-likeness (QED) is 0.393. The molecule has 3 rings (SSSR count). The minimum absolute atomic E-state index is 0.259. The number of esters is 1. The van der Waals surface area contributed by atoms with E-state index in [0.717, 1.165) is 22.6 Å². The summed E-state index contributed by atoms with van der Waals surface area (Å²) >= 11 is 0. The van der Waals surface area contributed by atoms with E-state index in [4.69, 9.17) is 4.74 Å². The number of nitrogens with one attached hydrogen (secondary N) is 1. The number of hydrazone groups is 1. The van der Waals surface area contributed by atoms with Crippen molar-refractivity contribution in [3.63, 3.8) is 0 Å². The van der Waals surface area contributed by atoms with Gasteiger partial charge in [0, 0.05) is 28.2 Å². The van der Waals surface area contributed by atoms with Crippen molar-refractivity contribution in [3.8, 4) is 5.69 Å². The van der Waals surface area contributed by atoms with Crippen LogP contribution in [0.5, 0.6) is 0 Å². The van der Waals surface area contributed by atoms with Gasteiger partial charge in [-0.15, -0.1) is 0 Å². The number of ether oxygens (including phenoxy) is 1. The molecule has 0 aliphatic heterocycles. The third-order valence-electron chi connectivity index (χ3n) is 4.51. The van der Waals surface area contributed by atoms with E-state index in [-0.39, 0.29) is 11.9 Å². The molecule has 0 bridgehead atoms. The fourth-order valence-electron chi connectivity index (χ4n) is 3.09. The van der Waals surface area contributed by atoms with Crippen molar-refractivity contribution in [2.75, 3.05) is 6.61 Å². The first-order chi connectivity index (χ1) is 14.0. The molecule has 148 valence electrons. The lowest BCUT2D eigenvalue weighted by Gasteiger charge is -2.10. The molecule has 0 atom stereocenters. The van der Waals surface area contributed by atoms with Gasteiger partial charge in [-0.25, -0.2) is 10.2 Å². The van der Waals surface area contributed by atoms with Crippen LogP contribution >= 0.6 is 0 Å². The van der Waals surface area contributed by atoms with Gasteiger partial charge in [0.05, 0.1) is 18.4 Å². The summed E-state index contributed by atoms with van der Waals surface area (Å²) in [4.78, 5) is 23.9. The molecule has 0 radical (unpaired) electrons. The summed E-state index contributed by atoms with van der Waals surface area (Å²) in [6, 6.07) is 18.2. The number of rotatable bonds is 6. The molecule has 0 saturated heterocycles. The van der Waals surface area contributed by atoms with Crippen LogP contribution in [0.25, 0.3) is 5.69 Å². The molecule has 3 aromatic rings. The molecule has 2 aromatic carbocycles. The molecule has 0 saturated carbocycles. The molecule has 6 heteroatoms. The molecule has 0 aliphatic carbocycles. The van der Waals surface area contributed by atoms with Crippen LogP contribution in [0.2, 0.25) is 0 Å². The maximum Gasteiger partial charge on any atom is 0.338 e. The van der Waals surface area contributed by atoms with E-state index in [2.05, 4.69) is 15.1 Å². The molecule has 0 fully saturated rings. The topological polar surface area (TPSA) is 72.7 Å². The molecule has 0 unspecified atom stereocenters. The molecule has 0 aliphatic rings. The second-order valence-electron chi connectivity index (χ2n) is 6.49. The fourth-order valence-corrected chi connectivity index (χ4v) is 3.09. The van der Waals surface area contributed by atoms with Gasteiger partial charge >= 0.3 is 5.97 Å². The van der Waals surface area contributed by atoms with E-state index in [0.29, 0.717) is 17.7 Å². The predicted molar refractivity (Wildman–Crippen MR) is 113 cm³/mol. The van der Waals surface area contributed by atoms with Crippen LogP contribution in [0.15, 0.2) is 65.8 Å². The third-order valence-corrected chi connectivity index (χ3v) is 4.51. The molecule has 6 nitrogen and oxygen atoms in total. The van der Waals surface area contributed by atoms with Gasteiger partial charge in [-0.2, -0.15) is 5.10 Å². The van der Waals surface area contributed by atoms with Gasteiger partial charge in [0.15, 0.2) is 0 Å². The zero-order valence-corrected chi connectivity index (χ0v) is 16.7. The Morgan fingerprint density at radius 3 is 2.38 bits per heavy atom. The number of aromatic nitrogens is 1. The fraction of sp³-hybridized carbons (Fsp3) is 0.174. The minimum Gasteiger partial charge on any atom is -0.462 e. The average Bonchev–Trinajstić information content (AvgIpc) is 3.02. The van der Waals surface area contributed by atoms with Crippen LogP contribution in [-0.4, -0.2) is 29.3 Å². The Hall–Kier alpha value is -3.67. The molecular formula is C23H23N3O3. The van der Waals surface area contributed by atoms with E-state index in [1.54, 1.807) is 49.5 Å². The second kappa shape index (κ2) is 9.01. The number of nitrogens with zero attached hydrogens (tertiary/aromatic N) is 2. The van der Waals surface area contributed by atoms with Crippen molar-refractivity contribution >= 4 is 18.1 Å². The first-order valence-corrected chi connectivity index (χ1v) is 9.36. The highest BCUT2D eigenvalue weighted by molar-refractivity contribution is 5.95. The van der Waals surface area contributed by atoms with Gasteiger partial charge in [-0.1, -0.05) is 18.2 Å². The summed E-state index contributed by atoms with van der Waals surface area (Å²) in [5.41, 5.74) is 7.43. The highest BCUT2D eigenvalue weighted by Crippen LogP contribution is 2.20. The van der Waals surface area contributed by atoms with E-state index in [1.165, 1.54) is 0 Å². The van der Waals surface area contributed by atoms with Gasteiger partial charge in [-0.3, -0.25) is 4.79 Å². The zero-order chi connectivity index (χ0) is 20.8. The summed E-state index contributed by atoms with van der Waals surface area (Å²) in [5, 5.41) is 4.09. The summed E-state index contributed by atoms with van der Waals surface area (Å²) in [6.07, 6.45) is 1.63. The van der Waals surface area contributed by atoms with Crippen LogP contribution < -0.4 is 5.43 Å². The highest BCUT2D eigenvalue weighted by Gasteiger charge is 2.11. The van der Waals surface area contributed by atoms with Gasteiger partial charge < -0.3 is 9.30 Å². The summed E-state index contributed by atoms with van der Waals surface area (Å²) in [7, 11) is 0. The number of amides is 1. The van der Waals surface area contributed by atoms with Crippen LogP contribution in [-0.2, 0) is 4.74 Å². The number of aryl methyl sites for hydroxylation is 1. The standard InChI is InChI=1S/C23H23N3O3/c1-4-29-23(28)19-10-12-21(13-11-19)26-16(2)14-20(17(26)3)15-24-25-22(27)18-8-6-5-7-9-18/h5-15H,4H2,1-3H3,(H,25,27)/b24-15+. The molecule has 1 heterocycles.